The molecule has 32 heavy (non-hydrogen) atoms. The van der Waals surface area contributed by atoms with Crippen LogP contribution in [0.3, 0.4) is 0 Å². The highest BCUT2D eigenvalue weighted by Gasteiger charge is 2.22. The quantitative estimate of drug-likeness (QED) is 0.470. The molecule has 2 aromatic carbocycles. The molecular formula is C24H27N7O. The van der Waals surface area contributed by atoms with Crippen LogP contribution in [0.5, 0.6) is 0 Å². The summed E-state index contributed by atoms with van der Waals surface area (Å²) in [6.07, 6.45) is 4.61. The van der Waals surface area contributed by atoms with Crippen molar-refractivity contribution in [2.75, 3.05) is 0 Å². The molecule has 0 saturated carbocycles. The zero-order valence-electron chi connectivity index (χ0n) is 18.8. The topological polar surface area (TPSA) is 94.3 Å². The Morgan fingerprint density at radius 1 is 1.03 bits per heavy atom. The first kappa shape index (κ1) is 21.4. The van der Waals surface area contributed by atoms with Crippen LogP contribution in [0.25, 0.3) is 22.5 Å². The van der Waals surface area contributed by atoms with Gasteiger partial charge in [-0.25, -0.2) is 14.6 Å². The molecule has 0 aliphatic heterocycles. The van der Waals surface area contributed by atoms with Gasteiger partial charge in [-0.05, 0) is 54.8 Å². The van der Waals surface area contributed by atoms with E-state index in [4.69, 9.17) is 0 Å². The number of nitrogens with zero attached hydrogens (tertiary/aromatic N) is 6. The van der Waals surface area contributed by atoms with Gasteiger partial charge in [-0.3, -0.25) is 4.57 Å². The molecule has 4 rings (SSSR count). The first-order chi connectivity index (χ1) is 15.4. The van der Waals surface area contributed by atoms with Gasteiger partial charge in [0.05, 0.1) is 12.1 Å². The smallest absolute Gasteiger partial charge is 0.274 e. The highest BCUT2D eigenvalue weighted by Crippen LogP contribution is 2.29. The summed E-state index contributed by atoms with van der Waals surface area (Å²) in [7, 11) is 0. The van der Waals surface area contributed by atoms with E-state index in [0.717, 1.165) is 28.1 Å². The fraction of sp³-hybridized carbons (Fsp3) is 0.292. The van der Waals surface area contributed by atoms with Gasteiger partial charge in [0.25, 0.3) is 0 Å². The van der Waals surface area contributed by atoms with Gasteiger partial charge in [-0.2, -0.15) is 5.10 Å². The minimum Gasteiger partial charge on any atom is -0.274 e. The third kappa shape index (κ3) is 4.30. The number of allylic oxidation sites excluding steroid dienone is 2. The number of hydrogen-bond donors (Lipinski definition) is 1. The number of aromatic amines is 1. The van der Waals surface area contributed by atoms with Gasteiger partial charge >= 0.3 is 5.69 Å². The Labute approximate surface area is 186 Å². The zero-order valence-corrected chi connectivity index (χ0v) is 18.8. The number of tetrazole rings is 1. The van der Waals surface area contributed by atoms with Gasteiger partial charge in [-0.15, -0.1) is 5.10 Å². The van der Waals surface area contributed by atoms with Crippen LogP contribution in [0.15, 0.2) is 65.5 Å². The summed E-state index contributed by atoms with van der Waals surface area (Å²) in [5.74, 6) is 1.38. The minimum atomic E-state index is -0.379. The van der Waals surface area contributed by atoms with Crippen molar-refractivity contribution in [2.24, 2.45) is 0 Å². The maximum atomic E-state index is 13.1. The fourth-order valence-corrected chi connectivity index (χ4v) is 3.59. The Bertz CT molecular complexity index is 1270. The van der Waals surface area contributed by atoms with Crippen LogP contribution in [-0.4, -0.2) is 35.0 Å². The average Bonchev–Trinajstić information content (AvgIpc) is 3.42. The summed E-state index contributed by atoms with van der Waals surface area (Å²) < 4.78 is 3.33. The number of rotatable bonds is 6. The molecular weight excluding hydrogens is 402 g/mol. The summed E-state index contributed by atoms with van der Waals surface area (Å²) in [6, 6.07) is 16.2. The molecule has 164 valence electrons. The number of hydrogen-bond acceptors (Lipinski definition) is 5. The molecule has 1 N–H and O–H groups in total. The lowest BCUT2D eigenvalue weighted by Gasteiger charge is -2.16. The van der Waals surface area contributed by atoms with Crippen LogP contribution in [0.2, 0.25) is 0 Å². The van der Waals surface area contributed by atoms with Crippen LogP contribution in [0, 0.1) is 0 Å². The van der Waals surface area contributed by atoms with Crippen LogP contribution in [0.1, 0.15) is 39.1 Å². The minimum absolute atomic E-state index is 0.0933. The molecule has 0 unspecified atom stereocenters. The Kier molecular flexibility index (Phi) is 5.85. The largest absolute Gasteiger partial charge is 0.346 e. The van der Waals surface area contributed by atoms with E-state index < -0.39 is 0 Å². The van der Waals surface area contributed by atoms with Crippen molar-refractivity contribution in [3.63, 3.8) is 0 Å². The molecule has 4 aromatic rings. The Balaban J connectivity index is 1.66. The van der Waals surface area contributed by atoms with Gasteiger partial charge in [0, 0.05) is 12.0 Å². The van der Waals surface area contributed by atoms with Crippen LogP contribution in [0.4, 0.5) is 0 Å². The van der Waals surface area contributed by atoms with E-state index >= 15 is 0 Å². The van der Waals surface area contributed by atoms with E-state index in [1.54, 1.807) is 9.25 Å². The van der Waals surface area contributed by atoms with Gasteiger partial charge < -0.3 is 0 Å². The summed E-state index contributed by atoms with van der Waals surface area (Å²) >= 11 is 0. The third-order valence-corrected chi connectivity index (χ3v) is 5.24. The first-order valence-corrected chi connectivity index (χ1v) is 10.6. The van der Waals surface area contributed by atoms with Gasteiger partial charge in [0.15, 0.2) is 5.82 Å². The second-order valence-corrected chi connectivity index (χ2v) is 8.63. The summed E-state index contributed by atoms with van der Waals surface area (Å²) in [5.41, 5.74) is 3.57. The highest BCUT2D eigenvalue weighted by molar-refractivity contribution is 5.80. The maximum Gasteiger partial charge on any atom is 0.346 e. The molecule has 0 amide bonds. The van der Waals surface area contributed by atoms with E-state index in [2.05, 4.69) is 37.9 Å². The molecule has 0 saturated heterocycles. The van der Waals surface area contributed by atoms with E-state index in [0.29, 0.717) is 18.8 Å². The number of H-pyrrole nitrogens is 1. The van der Waals surface area contributed by atoms with E-state index in [1.165, 1.54) is 0 Å². The Morgan fingerprint density at radius 2 is 1.75 bits per heavy atom. The molecule has 0 spiro atoms. The first-order valence-electron chi connectivity index (χ1n) is 10.6. The molecule has 0 bridgehead atoms. The second-order valence-electron chi connectivity index (χ2n) is 8.63. The predicted octanol–water partition coefficient (Wildman–Crippen LogP) is 3.81. The maximum absolute atomic E-state index is 13.1. The molecule has 0 fully saturated rings. The monoisotopic (exact) mass is 429 g/mol. The SMILES string of the molecule is C/C=C/Cc1nn(C(C)(C)C)c(=O)n1Cc1ccc(-c2ccccc2-c2nnn[nH]2)cc1. The van der Waals surface area contributed by atoms with E-state index in [1.807, 2.05) is 76.2 Å². The lowest BCUT2D eigenvalue weighted by atomic mass is 9.98. The van der Waals surface area contributed by atoms with Gasteiger partial charge in [0.1, 0.15) is 5.82 Å². The number of benzene rings is 2. The van der Waals surface area contributed by atoms with Crippen molar-refractivity contribution in [1.29, 1.82) is 0 Å². The summed E-state index contributed by atoms with van der Waals surface area (Å²) in [5, 5.41) is 18.9. The lowest BCUT2D eigenvalue weighted by molar-refractivity contribution is 0.340. The predicted molar refractivity (Wildman–Crippen MR) is 124 cm³/mol. The molecule has 0 aliphatic carbocycles. The van der Waals surface area contributed by atoms with E-state index in [-0.39, 0.29) is 11.2 Å². The molecule has 8 heteroatoms. The average molecular weight is 430 g/mol. The molecule has 8 nitrogen and oxygen atoms in total. The standard InChI is InChI=1S/C24H27N7O/c1-5-6-11-21-27-31(24(2,3)4)23(32)30(21)16-17-12-14-18(15-13-17)19-9-7-8-10-20(19)22-25-28-29-26-22/h5-10,12-15H,11,16H2,1-4H3,(H,25,26,28,29)/b6-5+. The fourth-order valence-electron chi connectivity index (χ4n) is 3.59. The number of nitrogens with one attached hydrogen (secondary N) is 1. The summed E-state index contributed by atoms with van der Waals surface area (Å²) in [6.45, 7) is 8.40. The van der Waals surface area contributed by atoms with Crippen molar-refractivity contribution in [2.45, 2.75) is 46.2 Å². The molecule has 0 atom stereocenters. The van der Waals surface area contributed by atoms with Crippen molar-refractivity contribution in [3.8, 4) is 22.5 Å². The second kappa shape index (κ2) is 8.74. The summed E-state index contributed by atoms with van der Waals surface area (Å²) in [4.78, 5) is 13.1. The van der Waals surface area contributed by atoms with E-state index in [9.17, 15) is 4.79 Å². The molecule has 0 aliphatic rings. The zero-order chi connectivity index (χ0) is 22.7. The number of aromatic nitrogens is 7. The van der Waals surface area contributed by atoms with Gasteiger partial charge in [0.2, 0.25) is 0 Å². The van der Waals surface area contributed by atoms with Crippen molar-refractivity contribution >= 4 is 0 Å². The molecule has 2 aromatic heterocycles. The van der Waals surface area contributed by atoms with Crippen molar-refractivity contribution in [3.05, 3.63) is 82.6 Å². The van der Waals surface area contributed by atoms with Crippen LogP contribution < -0.4 is 5.69 Å². The normalized spacial score (nSPS) is 12.0. The molecule has 0 radical (unpaired) electrons. The Hall–Kier alpha value is -3.81. The lowest BCUT2D eigenvalue weighted by Crippen LogP contribution is -2.36. The van der Waals surface area contributed by atoms with Gasteiger partial charge in [-0.1, -0.05) is 60.7 Å². The Morgan fingerprint density at radius 3 is 2.38 bits per heavy atom. The molecule has 2 heterocycles. The van der Waals surface area contributed by atoms with Crippen molar-refractivity contribution < 1.29 is 0 Å². The van der Waals surface area contributed by atoms with Crippen molar-refractivity contribution in [1.82, 2.24) is 35.0 Å². The highest BCUT2D eigenvalue weighted by atomic mass is 16.2. The van der Waals surface area contributed by atoms with Crippen LogP contribution in [-0.2, 0) is 18.5 Å². The van der Waals surface area contributed by atoms with Crippen LogP contribution >= 0.6 is 0 Å². The third-order valence-electron chi connectivity index (χ3n) is 5.24.